The van der Waals surface area contributed by atoms with Gasteiger partial charge in [-0.1, -0.05) is 43.2 Å². The molecule has 17 heavy (non-hydrogen) atoms. The van der Waals surface area contributed by atoms with Gasteiger partial charge in [0, 0.05) is 13.2 Å². The monoisotopic (exact) mass is 233 g/mol. The average molecular weight is 233 g/mol. The maximum atomic E-state index is 5.54. The standard InChI is InChI=1S/C15H23NO/c1-17-15-10-6-5-9-14(15)16-12-11-13-7-3-2-4-8-13/h2-4,7-8,14-16H,5-6,9-12H2,1H3/t14-,15-/m0/s1. The van der Waals surface area contributed by atoms with Crippen LogP contribution in [-0.4, -0.2) is 25.8 Å². The Bertz CT molecular complexity index is 312. The molecule has 1 aliphatic rings. The number of hydrogen-bond donors (Lipinski definition) is 1. The summed E-state index contributed by atoms with van der Waals surface area (Å²) in [7, 11) is 1.84. The van der Waals surface area contributed by atoms with Gasteiger partial charge in [0.25, 0.3) is 0 Å². The number of nitrogens with one attached hydrogen (secondary N) is 1. The van der Waals surface area contributed by atoms with Crippen molar-refractivity contribution in [3.8, 4) is 0 Å². The molecule has 2 heteroatoms. The van der Waals surface area contributed by atoms with Gasteiger partial charge in [0.15, 0.2) is 0 Å². The van der Waals surface area contributed by atoms with Gasteiger partial charge in [-0.05, 0) is 31.4 Å². The van der Waals surface area contributed by atoms with Crippen molar-refractivity contribution < 1.29 is 4.74 Å². The maximum Gasteiger partial charge on any atom is 0.0724 e. The molecule has 0 radical (unpaired) electrons. The van der Waals surface area contributed by atoms with E-state index in [1.54, 1.807) is 0 Å². The summed E-state index contributed by atoms with van der Waals surface area (Å²) in [4.78, 5) is 0. The van der Waals surface area contributed by atoms with Crippen LogP contribution in [0.3, 0.4) is 0 Å². The van der Waals surface area contributed by atoms with E-state index in [2.05, 4.69) is 35.6 Å². The highest BCUT2D eigenvalue weighted by Crippen LogP contribution is 2.20. The van der Waals surface area contributed by atoms with E-state index in [0.717, 1.165) is 13.0 Å². The van der Waals surface area contributed by atoms with Crippen LogP contribution < -0.4 is 5.32 Å². The normalized spacial score (nSPS) is 24.8. The van der Waals surface area contributed by atoms with E-state index in [1.807, 2.05) is 7.11 Å². The SMILES string of the molecule is CO[C@H]1CCCC[C@@H]1NCCc1ccccc1. The van der Waals surface area contributed by atoms with E-state index in [9.17, 15) is 0 Å². The molecular formula is C15H23NO. The second-order valence-corrected chi connectivity index (χ2v) is 4.85. The lowest BCUT2D eigenvalue weighted by molar-refractivity contribution is 0.0421. The predicted octanol–water partition coefficient (Wildman–Crippen LogP) is 2.78. The van der Waals surface area contributed by atoms with E-state index in [0.29, 0.717) is 12.1 Å². The van der Waals surface area contributed by atoms with Crippen LogP contribution in [0, 0.1) is 0 Å². The summed E-state index contributed by atoms with van der Waals surface area (Å²) in [5.41, 5.74) is 1.41. The quantitative estimate of drug-likeness (QED) is 0.844. The second kappa shape index (κ2) is 6.77. The van der Waals surface area contributed by atoms with E-state index >= 15 is 0 Å². The molecule has 0 aromatic heterocycles. The van der Waals surface area contributed by atoms with E-state index in [-0.39, 0.29) is 0 Å². The molecule has 2 rings (SSSR count). The third kappa shape index (κ3) is 3.83. The van der Waals surface area contributed by atoms with Crippen molar-refractivity contribution in [1.29, 1.82) is 0 Å². The molecule has 1 aromatic carbocycles. The Balaban J connectivity index is 1.74. The zero-order chi connectivity index (χ0) is 11.9. The van der Waals surface area contributed by atoms with E-state index in [1.165, 1.54) is 31.2 Å². The fraction of sp³-hybridized carbons (Fsp3) is 0.600. The Morgan fingerprint density at radius 2 is 1.94 bits per heavy atom. The van der Waals surface area contributed by atoms with Gasteiger partial charge in [-0.3, -0.25) is 0 Å². The molecule has 0 saturated heterocycles. The number of benzene rings is 1. The molecule has 94 valence electrons. The molecule has 0 heterocycles. The van der Waals surface area contributed by atoms with Crippen LogP contribution >= 0.6 is 0 Å². The van der Waals surface area contributed by atoms with E-state index in [4.69, 9.17) is 4.74 Å². The minimum Gasteiger partial charge on any atom is -0.380 e. The van der Waals surface area contributed by atoms with Gasteiger partial charge in [-0.25, -0.2) is 0 Å². The molecule has 1 aromatic rings. The van der Waals surface area contributed by atoms with Crippen LogP contribution in [0.15, 0.2) is 30.3 Å². The summed E-state index contributed by atoms with van der Waals surface area (Å²) in [5, 5.41) is 3.65. The molecule has 0 aliphatic heterocycles. The van der Waals surface area contributed by atoms with Gasteiger partial charge in [0.1, 0.15) is 0 Å². The first kappa shape index (κ1) is 12.6. The second-order valence-electron chi connectivity index (χ2n) is 4.85. The molecule has 0 amide bonds. The largest absolute Gasteiger partial charge is 0.380 e. The van der Waals surface area contributed by atoms with Crippen molar-refractivity contribution in [2.24, 2.45) is 0 Å². The van der Waals surface area contributed by atoms with Crippen LogP contribution in [0.2, 0.25) is 0 Å². The van der Waals surface area contributed by atoms with Crippen LogP contribution in [-0.2, 0) is 11.2 Å². The lowest BCUT2D eigenvalue weighted by Crippen LogP contribution is -2.43. The first-order chi connectivity index (χ1) is 8.40. The topological polar surface area (TPSA) is 21.3 Å². The smallest absolute Gasteiger partial charge is 0.0724 e. The highest BCUT2D eigenvalue weighted by molar-refractivity contribution is 5.14. The summed E-state index contributed by atoms with van der Waals surface area (Å²) in [6.45, 7) is 1.05. The van der Waals surface area contributed by atoms with Crippen LogP contribution in [0.5, 0.6) is 0 Å². The van der Waals surface area contributed by atoms with Crippen molar-refractivity contribution in [3.05, 3.63) is 35.9 Å². The Labute approximate surface area is 104 Å². The predicted molar refractivity (Wildman–Crippen MR) is 71.2 cm³/mol. The third-order valence-electron chi connectivity index (χ3n) is 3.67. The zero-order valence-electron chi connectivity index (χ0n) is 10.7. The maximum absolute atomic E-state index is 5.54. The number of hydrogen-bond acceptors (Lipinski definition) is 2. The lowest BCUT2D eigenvalue weighted by atomic mass is 9.92. The van der Waals surface area contributed by atoms with Gasteiger partial charge in [-0.15, -0.1) is 0 Å². The molecule has 0 bridgehead atoms. The first-order valence-corrected chi connectivity index (χ1v) is 6.70. The summed E-state index contributed by atoms with van der Waals surface area (Å²) in [6, 6.07) is 11.2. The molecular weight excluding hydrogens is 210 g/mol. The van der Waals surface area contributed by atoms with Crippen LogP contribution in [0.4, 0.5) is 0 Å². The summed E-state index contributed by atoms with van der Waals surface area (Å²) >= 11 is 0. The Morgan fingerprint density at radius 3 is 2.71 bits per heavy atom. The van der Waals surface area contributed by atoms with Gasteiger partial charge in [-0.2, -0.15) is 0 Å². The lowest BCUT2D eigenvalue weighted by Gasteiger charge is -2.31. The minimum absolute atomic E-state index is 0.416. The zero-order valence-corrected chi connectivity index (χ0v) is 10.7. The van der Waals surface area contributed by atoms with Crippen LogP contribution in [0.1, 0.15) is 31.2 Å². The van der Waals surface area contributed by atoms with Crippen molar-refractivity contribution in [3.63, 3.8) is 0 Å². The molecule has 2 atom stereocenters. The summed E-state index contributed by atoms with van der Waals surface area (Å²) < 4.78 is 5.54. The summed E-state index contributed by atoms with van der Waals surface area (Å²) in [5.74, 6) is 0. The Morgan fingerprint density at radius 1 is 1.18 bits per heavy atom. The molecule has 1 saturated carbocycles. The number of rotatable bonds is 5. The van der Waals surface area contributed by atoms with Crippen molar-refractivity contribution in [2.75, 3.05) is 13.7 Å². The van der Waals surface area contributed by atoms with Gasteiger partial charge < -0.3 is 10.1 Å². The fourth-order valence-corrected chi connectivity index (χ4v) is 2.66. The van der Waals surface area contributed by atoms with Gasteiger partial charge >= 0.3 is 0 Å². The number of ether oxygens (including phenoxy) is 1. The highest BCUT2D eigenvalue weighted by atomic mass is 16.5. The fourth-order valence-electron chi connectivity index (χ4n) is 2.66. The highest BCUT2D eigenvalue weighted by Gasteiger charge is 2.23. The first-order valence-electron chi connectivity index (χ1n) is 6.70. The molecule has 0 spiro atoms. The van der Waals surface area contributed by atoms with Crippen molar-refractivity contribution in [2.45, 2.75) is 44.2 Å². The molecule has 0 unspecified atom stereocenters. The molecule has 1 fully saturated rings. The minimum atomic E-state index is 0.416. The summed E-state index contributed by atoms with van der Waals surface area (Å²) in [6.07, 6.45) is 6.64. The van der Waals surface area contributed by atoms with Gasteiger partial charge in [0.2, 0.25) is 0 Å². The Kier molecular flexibility index (Phi) is 5.02. The molecule has 1 N–H and O–H groups in total. The van der Waals surface area contributed by atoms with Crippen molar-refractivity contribution in [1.82, 2.24) is 5.32 Å². The molecule has 1 aliphatic carbocycles. The van der Waals surface area contributed by atoms with Crippen LogP contribution in [0.25, 0.3) is 0 Å². The van der Waals surface area contributed by atoms with Crippen molar-refractivity contribution >= 4 is 0 Å². The number of methoxy groups -OCH3 is 1. The van der Waals surface area contributed by atoms with E-state index < -0.39 is 0 Å². The third-order valence-corrected chi connectivity index (χ3v) is 3.67. The van der Waals surface area contributed by atoms with Gasteiger partial charge in [0.05, 0.1) is 6.10 Å². The molecule has 2 nitrogen and oxygen atoms in total. The average Bonchev–Trinajstić information content (AvgIpc) is 2.40. The Hall–Kier alpha value is -0.860.